The second kappa shape index (κ2) is 7.70. The van der Waals surface area contributed by atoms with Gasteiger partial charge in [-0.3, -0.25) is 0 Å². The van der Waals surface area contributed by atoms with Gasteiger partial charge in [-0.15, -0.1) is 11.3 Å². The van der Waals surface area contributed by atoms with Crippen molar-refractivity contribution < 1.29 is 19.4 Å². The van der Waals surface area contributed by atoms with Crippen LogP contribution in [-0.2, 0) is 17.8 Å². The zero-order valence-corrected chi connectivity index (χ0v) is 16.8. The average Bonchev–Trinajstić information content (AvgIpc) is 3.19. The summed E-state index contributed by atoms with van der Waals surface area (Å²) in [7, 11) is 0. The van der Waals surface area contributed by atoms with Gasteiger partial charge in [0.25, 0.3) is 0 Å². The molecule has 1 aromatic carbocycles. The van der Waals surface area contributed by atoms with Crippen molar-refractivity contribution in [3.8, 4) is 5.75 Å². The van der Waals surface area contributed by atoms with Crippen molar-refractivity contribution >= 4 is 28.3 Å². The molecule has 0 saturated heterocycles. The average molecular weight is 388 g/mol. The van der Waals surface area contributed by atoms with E-state index in [4.69, 9.17) is 9.47 Å². The van der Waals surface area contributed by atoms with Crippen molar-refractivity contribution in [3.05, 3.63) is 46.0 Å². The normalized spacial score (nSPS) is 11.7. The highest BCUT2D eigenvalue weighted by Gasteiger charge is 2.24. The highest BCUT2D eigenvalue weighted by molar-refractivity contribution is 7.09. The Kier molecular flexibility index (Phi) is 5.53. The number of thiazole rings is 1. The number of fused-ring (bicyclic) bond motifs is 1. The van der Waals surface area contributed by atoms with Crippen LogP contribution in [0.3, 0.4) is 0 Å². The Morgan fingerprint density at radius 3 is 2.74 bits per heavy atom. The molecule has 0 aliphatic carbocycles. The molecular weight excluding hydrogens is 364 g/mol. The molecule has 0 unspecified atom stereocenters. The van der Waals surface area contributed by atoms with Gasteiger partial charge in [0, 0.05) is 29.3 Å². The molecule has 3 aromatic rings. The van der Waals surface area contributed by atoms with Gasteiger partial charge < -0.3 is 14.6 Å². The topological polar surface area (TPSA) is 73.6 Å². The van der Waals surface area contributed by atoms with Gasteiger partial charge in [-0.05, 0) is 57.9 Å². The van der Waals surface area contributed by atoms with Crippen molar-refractivity contribution in [2.45, 2.75) is 46.3 Å². The molecule has 0 amide bonds. The van der Waals surface area contributed by atoms with Gasteiger partial charge in [0.05, 0.1) is 5.52 Å². The summed E-state index contributed by atoms with van der Waals surface area (Å²) in [4.78, 5) is 16.9. The van der Waals surface area contributed by atoms with E-state index in [2.05, 4.69) is 4.98 Å². The summed E-state index contributed by atoms with van der Waals surface area (Å²) in [5.41, 5.74) is 1.84. The van der Waals surface area contributed by atoms with Crippen LogP contribution in [0.5, 0.6) is 5.75 Å². The van der Waals surface area contributed by atoms with E-state index in [9.17, 15) is 9.90 Å². The zero-order chi connectivity index (χ0) is 19.6. The summed E-state index contributed by atoms with van der Waals surface area (Å²) in [6, 6.07) is 5.59. The highest BCUT2D eigenvalue weighted by Crippen LogP contribution is 2.31. The first kappa shape index (κ1) is 19.4. The third-order valence-electron chi connectivity index (χ3n) is 4.09. The number of aromatic nitrogens is 2. The maximum atomic E-state index is 12.7. The number of aliphatic hydroxyl groups excluding tert-OH is 1. The minimum Gasteiger partial charge on any atom is -0.486 e. The first-order valence-electron chi connectivity index (χ1n) is 8.79. The molecule has 0 radical (unpaired) electrons. The van der Waals surface area contributed by atoms with Crippen molar-refractivity contribution in [2.24, 2.45) is 0 Å². The number of aliphatic hydroxyl groups is 1. The SMILES string of the molecule is Cc1c(CCO)c2cc(OCc3nccs3)ccc2n1C(=O)OC(C)(C)C. The van der Waals surface area contributed by atoms with Gasteiger partial charge in [0.1, 0.15) is 23.0 Å². The largest absolute Gasteiger partial charge is 0.486 e. The highest BCUT2D eigenvalue weighted by atomic mass is 32.1. The van der Waals surface area contributed by atoms with Gasteiger partial charge in [-0.2, -0.15) is 0 Å². The Morgan fingerprint density at radius 1 is 1.33 bits per heavy atom. The number of nitrogens with zero attached hydrogens (tertiary/aromatic N) is 2. The summed E-state index contributed by atoms with van der Waals surface area (Å²) in [5.74, 6) is 0.693. The molecule has 0 spiro atoms. The minimum atomic E-state index is -0.589. The minimum absolute atomic E-state index is 0.00152. The summed E-state index contributed by atoms with van der Waals surface area (Å²) in [6.07, 6.45) is 1.77. The standard InChI is InChI=1S/C20H24N2O4S/c1-13-15(7-9-23)16-11-14(25-12-18-21-8-10-27-18)5-6-17(16)22(13)19(24)26-20(2,3)4/h5-6,8,10-11,23H,7,9,12H2,1-4H3. The van der Waals surface area contributed by atoms with Crippen LogP contribution in [0.4, 0.5) is 4.79 Å². The Morgan fingerprint density at radius 2 is 2.11 bits per heavy atom. The van der Waals surface area contributed by atoms with E-state index >= 15 is 0 Å². The molecule has 0 bridgehead atoms. The Hall–Kier alpha value is -2.38. The Balaban J connectivity index is 1.99. The molecule has 144 valence electrons. The van der Waals surface area contributed by atoms with Crippen molar-refractivity contribution in [2.75, 3.05) is 6.61 Å². The number of rotatable bonds is 5. The molecule has 0 saturated carbocycles. The number of carbonyl (C=O) groups is 1. The third-order valence-corrected chi connectivity index (χ3v) is 4.84. The van der Waals surface area contributed by atoms with Gasteiger partial charge in [-0.1, -0.05) is 0 Å². The molecule has 2 aromatic heterocycles. The van der Waals surface area contributed by atoms with E-state index in [1.165, 1.54) is 11.3 Å². The number of benzene rings is 1. The van der Waals surface area contributed by atoms with Crippen LogP contribution in [-0.4, -0.2) is 33.0 Å². The number of hydrogen-bond acceptors (Lipinski definition) is 6. The van der Waals surface area contributed by atoms with Crippen LogP contribution in [0.1, 0.15) is 37.0 Å². The first-order valence-corrected chi connectivity index (χ1v) is 9.67. The van der Waals surface area contributed by atoms with Crippen LogP contribution < -0.4 is 4.74 Å². The molecule has 27 heavy (non-hydrogen) atoms. The van der Waals surface area contributed by atoms with Crippen LogP contribution in [0.15, 0.2) is 29.8 Å². The molecule has 0 aliphatic rings. The summed E-state index contributed by atoms with van der Waals surface area (Å²) < 4.78 is 13.0. The fourth-order valence-corrected chi connectivity index (χ4v) is 3.52. The summed E-state index contributed by atoms with van der Waals surface area (Å²) in [6.45, 7) is 7.77. The number of carbonyl (C=O) groups excluding carboxylic acids is 1. The van der Waals surface area contributed by atoms with E-state index in [1.807, 2.05) is 51.3 Å². The second-order valence-electron chi connectivity index (χ2n) is 7.25. The van der Waals surface area contributed by atoms with E-state index < -0.39 is 11.7 Å². The molecule has 0 aliphatic heterocycles. The second-order valence-corrected chi connectivity index (χ2v) is 8.23. The van der Waals surface area contributed by atoms with Crippen LogP contribution >= 0.6 is 11.3 Å². The first-order chi connectivity index (χ1) is 12.8. The van der Waals surface area contributed by atoms with Crippen molar-refractivity contribution in [1.29, 1.82) is 0 Å². The van der Waals surface area contributed by atoms with Crippen LogP contribution in [0.2, 0.25) is 0 Å². The molecule has 1 N–H and O–H groups in total. The number of ether oxygens (including phenoxy) is 2. The molecule has 0 atom stereocenters. The van der Waals surface area contributed by atoms with Gasteiger partial charge in [-0.25, -0.2) is 14.3 Å². The Bertz CT molecular complexity index is 939. The predicted octanol–water partition coefficient (Wildman–Crippen LogP) is 4.30. The van der Waals surface area contributed by atoms with Crippen molar-refractivity contribution in [3.63, 3.8) is 0 Å². The summed E-state index contributed by atoms with van der Waals surface area (Å²) >= 11 is 1.54. The molecule has 2 heterocycles. The van der Waals surface area contributed by atoms with Crippen LogP contribution in [0.25, 0.3) is 10.9 Å². The van der Waals surface area contributed by atoms with Gasteiger partial charge in [0.15, 0.2) is 0 Å². The lowest BCUT2D eigenvalue weighted by Crippen LogP contribution is -2.27. The fourth-order valence-electron chi connectivity index (χ4n) is 2.99. The molecule has 7 heteroatoms. The fraction of sp³-hybridized carbons (Fsp3) is 0.400. The van der Waals surface area contributed by atoms with Gasteiger partial charge in [0.2, 0.25) is 0 Å². The maximum absolute atomic E-state index is 12.7. The molecule has 3 rings (SSSR count). The van der Waals surface area contributed by atoms with Crippen LogP contribution in [0, 0.1) is 6.92 Å². The van der Waals surface area contributed by atoms with E-state index in [1.54, 1.807) is 10.8 Å². The lowest BCUT2D eigenvalue weighted by molar-refractivity contribution is 0.0541. The van der Waals surface area contributed by atoms with Crippen molar-refractivity contribution in [1.82, 2.24) is 9.55 Å². The molecule has 0 fully saturated rings. The molecular formula is C20H24N2O4S. The summed E-state index contributed by atoms with van der Waals surface area (Å²) in [5, 5.41) is 13.2. The van der Waals surface area contributed by atoms with E-state index in [-0.39, 0.29) is 6.61 Å². The lowest BCUT2D eigenvalue weighted by Gasteiger charge is -2.20. The quantitative estimate of drug-likeness (QED) is 0.705. The monoisotopic (exact) mass is 388 g/mol. The smallest absolute Gasteiger partial charge is 0.419 e. The Labute approximate surface area is 162 Å². The maximum Gasteiger partial charge on any atom is 0.419 e. The predicted molar refractivity (Wildman–Crippen MR) is 106 cm³/mol. The molecule has 6 nitrogen and oxygen atoms in total. The lowest BCUT2D eigenvalue weighted by atomic mass is 10.1. The third kappa shape index (κ3) is 4.31. The van der Waals surface area contributed by atoms with Gasteiger partial charge >= 0.3 is 6.09 Å². The van der Waals surface area contributed by atoms with E-state index in [0.29, 0.717) is 18.8 Å². The van der Waals surface area contributed by atoms with E-state index in [0.717, 1.165) is 27.2 Å². The zero-order valence-electron chi connectivity index (χ0n) is 16.0. The number of hydrogen-bond donors (Lipinski definition) is 1.